The van der Waals surface area contributed by atoms with E-state index in [2.05, 4.69) is 9.24 Å². The molecule has 0 radical (unpaired) electrons. The Morgan fingerprint density at radius 3 is 2.23 bits per heavy atom. The molecule has 0 aromatic heterocycles. The van der Waals surface area contributed by atoms with Crippen LogP contribution in [0.5, 0.6) is 0 Å². The lowest BCUT2D eigenvalue weighted by Gasteiger charge is -2.32. The quantitative estimate of drug-likeness (QED) is 0.435. The summed E-state index contributed by atoms with van der Waals surface area (Å²) in [7, 11) is 2.58. The van der Waals surface area contributed by atoms with Crippen LogP contribution < -0.4 is 0 Å². The van der Waals surface area contributed by atoms with Crippen LogP contribution in [0.25, 0.3) is 0 Å². The molecule has 1 aliphatic rings. The summed E-state index contributed by atoms with van der Waals surface area (Å²) < 4.78 is 0. The van der Waals surface area contributed by atoms with Crippen LogP contribution in [0.1, 0.15) is 12.8 Å². The van der Waals surface area contributed by atoms with Crippen LogP contribution in [0, 0.1) is 5.92 Å². The molecule has 0 aliphatic heterocycles. The van der Waals surface area contributed by atoms with Crippen LogP contribution in [-0.4, -0.2) is 40.3 Å². The molecule has 0 saturated heterocycles. The molecule has 1 unspecified atom stereocenters. The average molecular weight is 204 g/mol. The van der Waals surface area contributed by atoms with Crippen molar-refractivity contribution in [2.45, 2.75) is 25.0 Å². The van der Waals surface area contributed by atoms with Gasteiger partial charge in [-0.05, 0) is 19.0 Å². The lowest BCUT2D eigenvalue weighted by atomic mass is 9.81. The molecule has 1 saturated carbocycles. The van der Waals surface area contributed by atoms with Crippen LogP contribution in [-0.2, 0) is 0 Å². The van der Waals surface area contributed by atoms with E-state index >= 15 is 0 Å². The lowest BCUT2D eigenvalue weighted by Crippen LogP contribution is -2.39. The largest absolute Gasteiger partial charge is 0.396 e. The van der Waals surface area contributed by atoms with Gasteiger partial charge in [0, 0.05) is 5.92 Å². The van der Waals surface area contributed by atoms with Crippen LogP contribution in [0.3, 0.4) is 0 Å². The van der Waals surface area contributed by atoms with Crippen molar-refractivity contribution < 1.29 is 15.3 Å². The van der Waals surface area contributed by atoms with Gasteiger partial charge in [-0.3, -0.25) is 0 Å². The first-order valence-electron chi connectivity index (χ1n) is 4.54. The Labute approximate surface area is 80.7 Å². The fourth-order valence-corrected chi connectivity index (χ4v) is 2.09. The van der Waals surface area contributed by atoms with E-state index in [1.54, 1.807) is 0 Å². The second-order valence-electron chi connectivity index (χ2n) is 3.49. The Balaban J connectivity index is 2.61. The highest BCUT2D eigenvalue weighted by Crippen LogP contribution is 2.28. The first kappa shape index (κ1) is 11.1. The van der Waals surface area contributed by atoms with E-state index in [0.717, 1.165) is 11.7 Å². The molecule has 0 amide bonds. The third kappa shape index (κ3) is 2.75. The number of hydrogen-bond acceptors (Lipinski definition) is 3. The molecular weight excluding hydrogens is 187 g/mol. The van der Waals surface area contributed by atoms with E-state index in [-0.39, 0.29) is 12.5 Å². The van der Waals surface area contributed by atoms with Crippen LogP contribution in [0.15, 0.2) is 11.6 Å². The molecule has 0 aromatic rings. The van der Waals surface area contributed by atoms with Crippen molar-refractivity contribution in [1.29, 1.82) is 0 Å². The number of hydrogen-bond donors (Lipinski definition) is 3. The molecule has 3 N–H and O–H groups in total. The molecular formula is C9H17O3P. The Bertz CT molecular complexity index is 179. The van der Waals surface area contributed by atoms with E-state index in [9.17, 15) is 10.2 Å². The summed E-state index contributed by atoms with van der Waals surface area (Å²) in [6.07, 6.45) is 2.81. The Morgan fingerprint density at radius 2 is 1.85 bits per heavy atom. The first-order chi connectivity index (χ1) is 6.19. The van der Waals surface area contributed by atoms with Crippen LogP contribution in [0.2, 0.25) is 0 Å². The number of aliphatic hydroxyl groups is 3. The van der Waals surface area contributed by atoms with Gasteiger partial charge < -0.3 is 15.3 Å². The average Bonchev–Trinajstić information content (AvgIpc) is 2.04. The fraction of sp³-hybridized carbons (Fsp3) is 0.778. The highest BCUT2D eigenvalue weighted by atomic mass is 31.0. The number of rotatable bonds is 2. The maximum atomic E-state index is 9.57. The summed E-state index contributed by atoms with van der Waals surface area (Å²) in [5.41, 5.74) is 1.08. The zero-order valence-corrected chi connectivity index (χ0v) is 8.71. The van der Waals surface area contributed by atoms with E-state index in [1.165, 1.54) is 0 Å². The Hall–Kier alpha value is 0.0500. The van der Waals surface area contributed by atoms with Gasteiger partial charge in [0.15, 0.2) is 0 Å². The molecule has 76 valence electrons. The topological polar surface area (TPSA) is 60.7 Å². The van der Waals surface area contributed by atoms with Crippen molar-refractivity contribution in [2.75, 3.05) is 12.8 Å². The Morgan fingerprint density at radius 1 is 1.31 bits per heavy atom. The maximum Gasteiger partial charge on any atom is 0.0652 e. The molecule has 0 heterocycles. The minimum atomic E-state index is -0.600. The monoisotopic (exact) mass is 204 g/mol. The molecule has 0 spiro atoms. The van der Waals surface area contributed by atoms with Crippen LogP contribution in [0.4, 0.5) is 0 Å². The molecule has 13 heavy (non-hydrogen) atoms. The molecule has 1 rings (SSSR count). The molecule has 1 fully saturated rings. The predicted octanol–water partition coefficient (Wildman–Crippen LogP) is -0.0880. The van der Waals surface area contributed by atoms with Gasteiger partial charge in [0.05, 0.1) is 18.8 Å². The van der Waals surface area contributed by atoms with Crippen molar-refractivity contribution in [2.24, 2.45) is 5.92 Å². The predicted molar refractivity (Wildman–Crippen MR) is 54.5 cm³/mol. The van der Waals surface area contributed by atoms with Crippen molar-refractivity contribution in [3.05, 3.63) is 11.6 Å². The maximum absolute atomic E-state index is 9.57. The lowest BCUT2D eigenvalue weighted by molar-refractivity contribution is -0.0312. The summed E-state index contributed by atoms with van der Waals surface area (Å²) in [5.74, 6) is -0.373. The zero-order valence-electron chi connectivity index (χ0n) is 7.56. The van der Waals surface area contributed by atoms with Gasteiger partial charge >= 0.3 is 0 Å². The number of aliphatic hydroxyl groups excluding tert-OH is 3. The van der Waals surface area contributed by atoms with E-state index in [0.29, 0.717) is 12.8 Å². The van der Waals surface area contributed by atoms with Gasteiger partial charge in [0.25, 0.3) is 0 Å². The molecule has 0 bridgehead atoms. The number of allylic oxidation sites excluding steroid dienone is 1. The minimum Gasteiger partial charge on any atom is -0.396 e. The standard InChI is InChI=1S/C9H17O3P/c10-5-7-8(11)3-6(1-2-13)4-9(7)12/h1,7-12H,2-5,13H2/t7?,8-,9-/m1/s1. The SMILES string of the molecule is OCC1[C@H](O)CC(=CCP)C[C@H]1O. The summed E-state index contributed by atoms with van der Waals surface area (Å²) in [4.78, 5) is 0. The normalized spacial score (nSPS) is 34.8. The van der Waals surface area contributed by atoms with Gasteiger partial charge in [0.2, 0.25) is 0 Å². The van der Waals surface area contributed by atoms with Gasteiger partial charge in [0.1, 0.15) is 0 Å². The molecule has 3 atom stereocenters. The summed E-state index contributed by atoms with van der Waals surface area (Å²) >= 11 is 0. The molecule has 1 aliphatic carbocycles. The van der Waals surface area contributed by atoms with Gasteiger partial charge in [-0.1, -0.05) is 11.6 Å². The van der Waals surface area contributed by atoms with E-state index in [4.69, 9.17) is 5.11 Å². The highest BCUT2D eigenvalue weighted by molar-refractivity contribution is 7.16. The smallest absolute Gasteiger partial charge is 0.0652 e. The van der Waals surface area contributed by atoms with Crippen LogP contribution >= 0.6 is 9.24 Å². The summed E-state index contributed by atoms with van der Waals surface area (Å²) in [5, 5.41) is 28.0. The third-order valence-electron chi connectivity index (χ3n) is 2.55. The van der Waals surface area contributed by atoms with Gasteiger partial charge in [-0.25, -0.2) is 0 Å². The van der Waals surface area contributed by atoms with Crippen molar-refractivity contribution in [3.8, 4) is 0 Å². The van der Waals surface area contributed by atoms with E-state index in [1.807, 2.05) is 6.08 Å². The Kier molecular flexibility index (Phi) is 4.33. The zero-order chi connectivity index (χ0) is 9.84. The third-order valence-corrected chi connectivity index (χ3v) is 2.78. The fourth-order valence-electron chi connectivity index (χ4n) is 1.76. The van der Waals surface area contributed by atoms with Crippen molar-refractivity contribution in [1.82, 2.24) is 0 Å². The van der Waals surface area contributed by atoms with Gasteiger partial charge in [-0.15, -0.1) is 9.24 Å². The second kappa shape index (κ2) is 5.06. The van der Waals surface area contributed by atoms with E-state index < -0.39 is 12.2 Å². The molecule has 4 heteroatoms. The van der Waals surface area contributed by atoms with Gasteiger partial charge in [-0.2, -0.15) is 0 Å². The summed E-state index contributed by atoms with van der Waals surface area (Å²) in [6, 6.07) is 0. The molecule has 0 aromatic carbocycles. The van der Waals surface area contributed by atoms with Crippen molar-refractivity contribution in [3.63, 3.8) is 0 Å². The van der Waals surface area contributed by atoms with Crippen molar-refractivity contribution >= 4 is 9.24 Å². The highest BCUT2D eigenvalue weighted by Gasteiger charge is 2.32. The first-order valence-corrected chi connectivity index (χ1v) is 5.35. The molecule has 3 nitrogen and oxygen atoms in total. The second-order valence-corrected chi connectivity index (χ2v) is 3.96. The minimum absolute atomic E-state index is 0.142. The summed E-state index contributed by atoms with van der Waals surface area (Å²) in [6.45, 7) is -0.142.